The van der Waals surface area contributed by atoms with E-state index in [1.54, 1.807) is 0 Å². The summed E-state index contributed by atoms with van der Waals surface area (Å²) in [6.45, 7) is 2.83. The highest BCUT2D eigenvalue weighted by Gasteiger charge is 2.05. The molecule has 19 heavy (non-hydrogen) atoms. The molecule has 0 saturated carbocycles. The van der Waals surface area contributed by atoms with Crippen LogP contribution in [0.2, 0.25) is 0 Å². The van der Waals surface area contributed by atoms with Gasteiger partial charge >= 0.3 is 0 Å². The van der Waals surface area contributed by atoms with Gasteiger partial charge in [0.15, 0.2) is 0 Å². The van der Waals surface area contributed by atoms with E-state index >= 15 is 0 Å². The second kappa shape index (κ2) is 6.03. The van der Waals surface area contributed by atoms with Crippen LogP contribution >= 0.6 is 0 Å². The van der Waals surface area contributed by atoms with E-state index in [9.17, 15) is 0 Å². The van der Waals surface area contributed by atoms with Gasteiger partial charge in [-0.3, -0.25) is 0 Å². The number of nitrogens with zero attached hydrogens (tertiary/aromatic N) is 1. The fourth-order valence-electron chi connectivity index (χ4n) is 1.92. The molecule has 0 fully saturated rings. The molecule has 0 bridgehead atoms. The molecular weight excluding hydrogens is 234 g/mol. The molecule has 2 aromatic carbocycles. The second-order valence-corrected chi connectivity index (χ2v) is 4.54. The maximum absolute atomic E-state index is 8.77. The number of nitrogens with two attached hydrogens (primary N) is 1. The highest BCUT2D eigenvalue weighted by atomic mass is 14.9. The largest absolute Gasteiger partial charge is 0.398 e. The Bertz CT molecular complexity index is 582. The van der Waals surface area contributed by atoms with Crippen LogP contribution in [0, 0.1) is 11.3 Å². The summed E-state index contributed by atoms with van der Waals surface area (Å²) in [5.74, 6) is 0. The molecule has 3 N–H and O–H groups in total. The molecule has 0 amide bonds. The van der Waals surface area contributed by atoms with Gasteiger partial charge in [-0.05, 0) is 36.2 Å². The lowest BCUT2D eigenvalue weighted by atomic mass is 10.1. The summed E-state index contributed by atoms with van der Waals surface area (Å²) in [5, 5.41) is 12.2. The second-order valence-electron chi connectivity index (χ2n) is 4.54. The third kappa shape index (κ3) is 3.34. The van der Waals surface area contributed by atoms with Crippen LogP contribution in [0.4, 0.5) is 5.69 Å². The van der Waals surface area contributed by atoms with E-state index in [1.165, 1.54) is 0 Å². The van der Waals surface area contributed by atoms with E-state index in [1.807, 2.05) is 48.5 Å². The molecule has 0 saturated heterocycles. The number of hydrogen-bond donors (Lipinski definition) is 2. The minimum atomic E-state index is 0.215. The van der Waals surface area contributed by atoms with Crippen molar-refractivity contribution in [2.45, 2.75) is 19.5 Å². The van der Waals surface area contributed by atoms with Gasteiger partial charge in [0.25, 0.3) is 0 Å². The van der Waals surface area contributed by atoms with Crippen molar-refractivity contribution in [3.05, 3.63) is 65.2 Å². The maximum atomic E-state index is 8.77. The lowest BCUT2D eigenvalue weighted by Gasteiger charge is -2.15. The Morgan fingerprint density at radius 2 is 1.84 bits per heavy atom. The first kappa shape index (κ1) is 13.1. The summed E-state index contributed by atoms with van der Waals surface area (Å²) in [6, 6.07) is 17.8. The highest BCUT2D eigenvalue weighted by molar-refractivity contribution is 5.46. The molecule has 0 aromatic heterocycles. The number of hydrogen-bond acceptors (Lipinski definition) is 3. The van der Waals surface area contributed by atoms with Crippen molar-refractivity contribution >= 4 is 5.69 Å². The van der Waals surface area contributed by atoms with Crippen LogP contribution in [0.15, 0.2) is 48.5 Å². The number of benzene rings is 2. The Labute approximate surface area is 113 Å². The molecule has 0 spiro atoms. The Morgan fingerprint density at radius 1 is 1.16 bits per heavy atom. The number of anilines is 1. The van der Waals surface area contributed by atoms with Crippen LogP contribution in [0.25, 0.3) is 0 Å². The van der Waals surface area contributed by atoms with Gasteiger partial charge in [-0.1, -0.05) is 30.3 Å². The first-order valence-electron chi connectivity index (χ1n) is 6.27. The van der Waals surface area contributed by atoms with Gasteiger partial charge in [0, 0.05) is 18.3 Å². The standard InChI is InChI=1S/C16H17N3/c1-12(14-8-6-13(10-17)7-9-14)19-11-15-4-2-3-5-16(15)18/h2-9,12,19H,11,18H2,1H3. The zero-order chi connectivity index (χ0) is 13.7. The number of para-hydroxylation sites is 1. The van der Waals surface area contributed by atoms with Crippen LogP contribution in [0.1, 0.15) is 29.7 Å². The van der Waals surface area contributed by atoms with E-state index in [-0.39, 0.29) is 6.04 Å². The van der Waals surface area contributed by atoms with Crippen LogP contribution in [-0.2, 0) is 6.54 Å². The Hall–Kier alpha value is -2.31. The van der Waals surface area contributed by atoms with E-state index < -0.39 is 0 Å². The molecule has 2 rings (SSSR count). The first-order valence-corrected chi connectivity index (χ1v) is 6.27. The number of nitriles is 1. The Balaban J connectivity index is 1.99. The summed E-state index contributed by atoms with van der Waals surface area (Å²) < 4.78 is 0. The van der Waals surface area contributed by atoms with Crippen molar-refractivity contribution < 1.29 is 0 Å². The monoisotopic (exact) mass is 251 g/mol. The zero-order valence-electron chi connectivity index (χ0n) is 10.9. The quantitative estimate of drug-likeness (QED) is 0.821. The van der Waals surface area contributed by atoms with Gasteiger partial charge in [-0.15, -0.1) is 0 Å². The third-order valence-corrected chi connectivity index (χ3v) is 3.19. The minimum absolute atomic E-state index is 0.215. The van der Waals surface area contributed by atoms with E-state index in [0.29, 0.717) is 5.56 Å². The van der Waals surface area contributed by atoms with E-state index in [4.69, 9.17) is 11.0 Å². The summed E-state index contributed by atoms with van der Waals surface area (Å²) in [7, 11) is 0. The molecule has 1 unspecified atom stereocenters. The molecule has 0 heterocycles. The third-order valence-electron chi connectivity index (χ3n) is 3.19. The Morgan fingerprint density at radius 3 is 2.47 bits per heavy atom. The molecule has 3 heteroatoms. The van der Waals surface area contributed by atoms with Crippen molar-refractivity contribution in [3.8, 4) is 6.07 Å². The average Bonchev–Trinajstić information content (AvgIpc) is 2.46. The van der Waals surface area contributed by atoms with Crippen molar-refractivity contribution in [3.63, 3.8) is 0 Å². The van der Waals surface area contributed by atoms with Gasteiger partial charge in [0.1, 0.15) is 0 Å². The smallest absolute Gasteiger partial charge is 0.0991 e. The topological polar surface area (TPSA) is 61.8 Å². The predicted octanol–water partition coefficient (Wildman–Crippen LogP) is 2.99. The minimum Gasteiger partial charge on any atom is -0.398 e. The van der Waals surface area contributed by atoms with Gasteiger partial charge < -0.3 is 11.1 Å². The summed E-state index contributed by atoms with van der Waals surface area (Å²) >= 11 is 0. The SMILES string of the molecule is CC(NCc1ccccc1N)c1ccc(C#N)cc1. The number of rotatable bonds is 4. The van der Waals surface area contributed by atoms with Crippen molar-refractivity contribution in [2.75, 3.05) is 5.73 Å². The lowest BCUT2D eigenvalue weighted by Crippen LogP contribution is -2.18. The van der Waals surface area contributed by atoms with Crippen molar-refractivity contribution in [1.82, 2.24) is 5.32 Å². The molecule has 1 atom stereocenters. The van der Waals surface area contributed by atoms with Crippen molar-refractivity contribution in [2.24, 2.45) is 0 Å². The predicted molar refractivity (Wildman–Crippen MR) is 77.3 cm³/mol. The van der Waals surface area contributed by atoms with E-state index in [0.717, 1.165) is 23.4 Å². The molecule has 0 radical (unpaired) electrons. The number of nitrogen functional groups attached to an aromatic ring is 1. The normalized spacial score (nSPS) is 11.8. The first-order chi connectivity index (χ1) is 9.20. The van der Waals surface area contributed by atoms with Gasteiger partial charge in [0.05, 0.1) is 11.6 Å². The summed E-state index contributed by atoms with van der Waals surface area (Å²) in [6.07, 6.45) is 0. The average molecular weight is 251 g/mol. The van der Waals surface area contributed by atoms with Crippen LogP contribution in [0.3, 0.4) is 0 Å². The summed E-state index contributed by atoms with van der Waals surface area (Å²) in [5.41, 5.74) is 9.66. The van der Waals surface area contributed by atoms with Crippen molar-refractivity contribution in [1.29, 1.82) is 5.26 Å². The molecule has 2 aromatic rings. The van der Waals surface area contributed by atoms with Gasteiger partial charge in [0.2, 0.25) is 0 Å². The van der Waals surface area contributed by atoms with E-state index in [2.05, 4.69) is 18.3 Å². The lowest BCUT2D eigenvalue weighted by molar-refractivity contribution is 0.575. The molecule has 0 aliphatic carbocycles. The molecule has 0 aliphatic rings. The summed E-state index contributed by atoms with van der Waals surface area (Å²) in [4.78, 5) is 0. The highest BCUT2D eigenvalue weighted by Crippen LogP contribution is 2.16. The zero-order valence-corrected chi connectivity index (χ0v) is 10.9. The Kier molecular flexibility index (Phi) is 4.17. The van der Waals surface area contributed by atoms with Gasteiger partial charge in [-0.25, -0.2) is 0 Å². The number of nitrogens with one attached hydrogen (secondary N) is 1. The fraction of sp³-hybridized carbons (Fsp3) is 0.188. The molecule has 3 nitrogen and oxygen atoms in total. The maximum Gasteiger partial charge on any atom is 0.0991 e. The van der Waals surface area contributed by atoms with Crippen LogP contribution in [0.5, 0.6) is 0 Å². The van der Waals surface area contributed by atoms with Crippen LogP contribution in [-0.4, -0.2) is 0 Å². The van der Waals surface area contributed by atoms with Crippen LogP contribution < -0.4 is 11.1 Å². The molecular formula is C16H17N3. The molecule has 96 valence electrons. The van der Waals surface area contributed by atoms with Gasteiger partial charge in [-0.2, -0.15) is 5.26 Å². The fourth-order valence-corrected chi connectivity index (χ4v) is 1.92. The molecule has 0 aliphatic heterocycles.